The van der Waals surface area contributed by atoms with E-state index in [4.69, 9.17) is 4.74 Å². The molecular weight excluding hydrogens is 338 g/mol. The molecule has 0 aliphatic heterocycles. The highest BCUT2D eigenvalue weighted by Gasteiger charge is 2.03. The number of hydrogen-bond acceptors (Lipinski definition) is 2. The van der Waals surface area contributed by atoms with E-state index in [9.17, 15) is 0 Å². The number of nitrogens with one attached hydrogen (secondary N) is 1. The number of ether oxygens (including phenoxy) is 1. The van der Waals surface area contributed by atoms with Crippen LogP contribution in [0.15, 0.2) is 53.0 Å². The van der Waals surface area contributed by atoms with Crippen LogP contribution >= 0.6 is 28.3 Å². The van der Waals surface area contributed by atoms with Crippen LogP contribution in [0.4, 0.5) is 0 Å². The maximum absolute atomic E-state index is 5.35. The smallest absolute Gasteiger partial charge is 0.123 e. The van der Waals surface area contributed by atoms with Crippen molar-refractivity contribution in [3.63, 3.8) is 0 Å². The molecule has 0 radical (unpaired) electrons. The van der Waals surface area contributed by atoms with Crippen molar-refractivity contribution in [2.24, 2.45) is 0 Å². The van der Waals surface area contributed by atoms with E-state index in [1.54, 1.807) is 7.11 Å². The fraction of sp³-hybridized carbons (Fsp3) is 0.250. The first-order valence-electron chi connectivity index (χ1n) is 6.36. The van der Waals surface area contributed by atoms with Crippen molar-refractivity contribution in [1.29, 1.82) is 0 Å². The molecule has 20 heavy (non-hydrogen) atoms. The number of methoxy groups -OCH3 is 1. The van der Waals surface area contributed by atoms with Gasteiger partial charge in [-0.25, -0.2) is 0 Å². The number of benzene rings is 2. The monoisotopic (exact) mass is 355 g/mol. The maximum Gasteiger partial charge on any atom is 0.123 e. The van der Waals surface area contributed by atoms with E-state index in [-0.39, 0.29) is 12.4 Å². The first-order valence-corrected chi connectivity index (χ1v) is 7.16. The molecule has 0 heterocycles. The highest BCUT2D eigenvalue weighted by atomic mass is 79.9. The minimum atomic E-state index is 0. The second-order valence-corrected chi connectivity index (χ2v) is 5.28. The third-order valence-electron chi connectivity index (χ3n) is 2.99. The van der Waals surface area contributed by atoms with E-state index in [1.807, 2.05) is 18.2 Å². The third-order valence-corrected chi connectivity index (χ3v) is 3.48. The molecule has 0 saturated heterocycles. The maximum atomic E-state index is 5.35. The topological polar surface area (TPSA) is 21.3 Å². The lowest BCUT2D eigenvalue weighted by molar-refractivity contribution is 0.407. The van der Waals surface area contributed by atoms with Gasteiger partial charge in [0.15, 0.2) is 0 Å². The number of rotatable bonds is 6. The lowest BCUT2D eigenvalue weighted by Crippen LogP contribution is -2.17. The predicted octanol–water partition coefficient (Wildman–Crippen LogP) is 4.21. The number of hydrogen-bond donors (Lipinski definition) is 1. The predicted molar refractivity (Wildman–Crippen MR) is 89.8 cm³/mol. The molecule has 2 aromatic carbocycles. The molecule has 0 aliphatic carbocycles. The lowest BCUT2D eigenvalue weighted by atomic mass is 10.1. The lowest BCUT2D eigenvalue weighted by Gasteiger charge is -2.10. The summed E-state index contributed by atoms with van der Waals surface area (Å²) in [5.74, 6) is 0.926. The Hall–Kier alpha value is -1.03. The van der Waals surface area contributed by atoms with Crippen molar-refractivity contribution in [3.05, 3.63) is 64.1 Å². The van der Waals surface area contributed by atoms with Crippen LogP contribution in [0, 0.1) is 0 Å². The van der Waals surface area contributed by atoms with Crippen molar-refractivity contribution >= 4 is 28.3 Å². The number of halogens is 2. The van der Waals surface area contributed by atoms with Crippen LogP contribution in [0.2, 0.25) is 0 Å². The van der Waals surface area contributed by atoms with E-state index >= 15 is 0 Å². The van der Waals surface area contributed by atoms with Gasteiger partial charge in [-0.15, -0.1) is 12.4 Å². The van der Waals surface area contributed by atoms with Crippen LogP contribution in [0.25, 0.3) is 0 Å². The molecule has 0 saturated carbocycles. The molecule has 2 aromatic rings. The second kappa shape index (κ2) is 9.01. The largest absolute Gasteiger partial charge is 0.496 e. The van der Waals surface area contributed by atoms with Gasteiger partial charge >= 0.3 is 0 Å². The molecule has 0 bridgehead atoms. The van der Waals surface area contributed by atoms with E-state index in [0.29, 0.717) is 0 Å². The van der Waals surface area contributed by atoms with Gasteiger partial charge < -0.3 is 10.1 Å². The summed E-state index contributed by atoms with van der Waals surface area (Å²) in [6, 6.07) is 16.6. The summed E-state index contributed by atoms with van der Waals surface area (Å²) in [6.45, 7) is 1.77. The summed E-state index contributed by atoms with van der Waals surface area (Å²) in [7, 11) is 1.71. The van der Waals surface area contributed by atoms with Crippen LogP contribution < -0.4 is 10.1 Å². The Morgan fingerprint density at radius 3 is 2.55 bits per heavy atom. The Balaban J connectivity index is 0.00000200. The van der Waals surface area contributed by atoms with Crippen LogP contribution in [-0.2, 0) is 13.0 Å². The third kappa shape index (κ3) is 5.16. The van der Waals surface area contributed by atoms with Gasteiger partial charge in [0.25, 0.3) is 0 Å². The van der Waals surface area contributed by atoms with Gasteiger partial charge in [-0.2, -0.15) is 0 Å². The first kappa shape index (κ1) is 17.0. The van der Waals surface area contributed by atoms with Crippen molar-refractivity contribution in [2.45, 2.75) is 13.0 Å². The Morgan fingerprint density at radius 2 is 1.85 bits per heavy atom. The molecule has 2 rings (SSSR count). The van der Waals surface area contributed by atoms with E-state index in [1.165, 1.54) is 11.1 Å². The minimum absolute atomic E-state index is 0. The quantitative estimate of drug-likeness (QED) is 0.783. The van der Waals surface area contributed by atoms with Crippen molar-refractivity contribution < 1.29 is 4.74 Å². The Labute approximate surface area is 135 Å². The van der Waals surface area contributed by atoms with Crippen molar-refractivity contribution in [2.75, 3.05) is 13.7 Å². The molecule has 108 valence electrons. The summed E-state index contributed by atoms with van der Waals surface area (Å²) in [4.78, 5) is 0. The summed E-state index contributed by atoms with van der Waals surface area (Å²) in [6.07, 6.45) is 1.04. The fourth-order valence-corrected chi connectivity index (χ4v) is 2.39. The second-order valence-electron chi connectivity index (χ2n) is 4.37. The van der Waals surface area contributed by atoms with Gasteiger partial charge in [-0.3, -0.25) is 0 Å². The van der Waals surface area contributed by atoms with Crippen LogP contribution in [0.1, 0.15) is 11.1 Å². The molecule has 0 spiro atoms. The fourth-order valence-electron chi connectivity index (χ4n) is 1.99. The average Bonchev–Trinajstić information content (AvgIpc) is 2.45. The van der Waals surface area contributed by atoms with Gasteiger partial charge in [0.2, 0.25) is 0 Å². The van der Waals surface area contributed by atoms with Gasteiger partial charge in [0, 0.05) is 16.6 Å². The normalized spacial score (nSPS) is 9.90. The first-order chi connectivity index (χ1) is 9.29. The zero-order chi connectivity index (χ0) is 13.5. The van der Waals surface area contributed by atoms with Crippen LogP contribution in [0.5, 0.6) is 5.75 Å². The molecule has 2 nitrogen and oxygen atoms in total. The Bertz CT molecular complexity index is 519. The molecule has 0 aliphatic rings. The molecule has 0 unspecified atom stereocenters. The SMILES string of the molecule is COc1ccc(Br)cc1CNCCc1ccccc1.Cl. The molecule has 0 amide bonds. The van der Waals surface area contributed by atoms with Crippen molar-refractivity contribution in [3.8, 4) is 5.75 Å². The summed E-state index contributed by atoms with van der Waals surface area (Å²) in [5, 5.41) is 3.45. The summed E-state index contributed by atoms with van der Waals surface area (Å²) < 4.78 is 6.43. The summed E-state index contributed by atoms with van der Waals surface area (Å²) >= 11 is 3.49. The summed E-state index contributed by atoms with van der Waals surface area (Å²) in [5.41, 5.74) is 2.53. The zero-order valence-electron chi connectivity index (χ0n) is 11.4. The minimum Gasteiger partial charge on any atom is -0.496 e. The molecule has 0 fully saturated rings. The van der Waals surface area contributed by atoms with Gasteiger partial charge in [-0.05, 0) is 36.7 Å². The standard InChI is InChI=1S/C16H18BrNO.ClH/c1-19-16-8-7-15(17)11-14(16)12-18-10-9-13-5-3-2-4-6-13;/h2-8,11,18H,9-10,12H2,1H3;1H. The van der Waals surface area contributed by atoms with E-state index < -0.39 is 0 Å². The van der Waals surface area contributed by atoms with Crippen LogP contribution in [0.3, 0.4) is 0 Å². The van der Waals surface area contributed by atoms with Gasteiger partial charge in [0.1, 0.15) is 5.75 Å². The molecule has 1 N–H and O–H groups in total. The highest BCUT2D eigenvalue weighted by molar-refractivity contribution is 9.10. The highest BCUT2D eigenvalue weighted by Crippen LogP contribution is 2.22. The van der Waals surface area contributed by atoms with E-state index in [2.05, 4.69) is 51.6 Å². The molecule has 0 aromatic heterocycles. The van der Waals surface area contributed by atoms with Crippen LogP contribution in [-0.4, -0.2) is 13.7 Å². The molecular formula is C16H19BrClNO. The van der Waals surface area contributed by atoms with Gasteiger partial charge in [0.05, 0.1) is 7.11 Å². The van der Waals surface area contributed by atoms with Gasteiger partial charge in [-0.1, -0.05) is 46.3 Å². The Kier molecular flexibility index (Phi) is 7.67. The average molecular weight is 357 g/mol. The Morgan fingerprint density at radius 1 is 1.10 bits per heavy atom. The van der Waals surface area contributed by atoms with E-state index in [0.717, 1.165) is 29.7 Å². The zero-order valence-corrected chi connectivity index (χ0v) is 13.8. The molecule has 4 heteroatoms. The van der Waals surface area contributed by atoms with Crippen molar-refractivity contribution in [1.82, 2.24) is 5.32 Å². The molecule has 0 atom stereocenters.